The fourth-order valence-corrected chi connectivity index (χ4v) is 3.94. The van der Waals surface area contributed by atoms with Crippen LogP contribution >= 0.6 is 0 Å². The summed E-state index contributed by atoms with van der Waals surface area (Å²) in [4.78, 5) is 12.1. The number of benzene rings is 2. The number of rotatable bonds is 12. The molecule has 4 heteroatoms. The van der Waals surface area contributed by atoms with Crippen LogP contribution in [0, 0.1) is 19.8 Å². The molecular formula is C28H40O4. The number of hydrogen-bond donors (Lipinski definition) is 1. The number of carbonyl (C=O) groups is 1. The van der Waals surface area contributed by atoms with Crippen molar-refractivity contribution >= 4 is 5.97 Å². The number of esters is 1. The van der Waals surface area contributed by atoms with Gasteiger partial charge in [-0.05, 0) is 84.5 Å². The van der Waals surface area contributed by atoms with Gasteiger partial charge in [-0.15, -0.1) is 0 Å². The van der Waals surface area contributed by atoms with Gasteiger partial charge in [-0.2, -0.15) is 0 Å². The largest absolute Gasteiger partial charge is 0.508 e. The maximum atomic E-state index is 12.1. The predicted octanol–water partition coefficient (Wildman–Crippen LogP) is 6.86. The third-order valence-corrected chi connectivity index (χ3v) is 5.95. The van der Waals surface area contributed by atoms with Crippen molar-refractivity contribution in [1.29, 1.82) is 0 Å². The third-order valence-electron chi connectivity index (χ3n) is 5.95. The fourth-order valence-electron chi connectivity index (χ4n) is 3.94. The van der Waals surface area contributed by atoms with Gasteiger partial charge in [0.2, 0.25) is 0 Å². The smallest absolute Gasteiger partial charge is 0.344 e. The van der Waals surface area contributed by atoms with Crippen molar-refractivity contribution in [2.24, 2.45) is 5.92 Å². The van der Waals surface area contributed by atoms with Crippen molar-refractivity contribution in [3.05, 3.63) is 58.1 Å². The molecule has 2 aromatic rings. The molecule has 1 N–H and O–H groups in total. The van der Waals surface area contributed by atoms with Gasteiger partial charge in [0.25, 0.3) is 0 Å². The summed E-state index contributed by atoms with van der Waals surface area (Å²) in [7, 11) is 0. The summed E-state index contributed by atoms with van der Waals surface area (Å²) < 4.78 is 11.1. The van der Waals surface area contributed by atoms with Gasteiger partial charge in [-0.3, -0.25) is 0 Å². The minimum absolute atomic E-state index is 0.0738. The van der Waals surface area contributed by atoms with Crippen LogP contribution < -0.4 is 4.74 Å². The zero-order valence-corrected chi connectivity index (χ0v) is 20.7. The van der Waals surface area contributed by atoms with Crippen LogP contribution in [0.5, 0.6) is 11.5 Å². The van der Waals surface area contributed by atoms with Crippen LogP contribution in [0.15, 0.2) is 30.3 Å². The molecule has 1 atom stereocenters. The molecule has 2 rings (SSSR count). The first-order chi connectivity index (χ1) is 15.2. The monoisotopic (exact) mass is 440 g/mol. The number of phenols is 1. The Labute approximate surface area is 194 Å². The Hall–Kier alpha value is -2.49. The summed E-state index contributed by atoms with van der Waals surface area (Å²) >= 11 is 0. The van der Waals surface area contributed by atoms with Crippen molar-refractivity contribution in [1.82, 2.24) is 0 Å². The molecule has 0 aromatic heterocycles. The van der Waals surface area contributed by atoms with Crippen molar-refractivity contribution in [3.8, 4) is 11.5 Å². The molecule has 1 unspecified atom stereocenters. The normalized spacial score (nSPS) is 12.1. The zero-order chi connectivity index (χ0) is 23.7. The molecule has 0 saturated carbocycles. The number of unbranched alkanes of at least 4 members (excludes halogenated alkanes) is 2. The molecule has 0 radical (unpaired) electrons. The van der Waals surface area contributed by atoms with Gasteiger partial charge in [0.05, 0.1) is 6.61 Å². The number of ether oxygens (including phenoxy) is 2. The van der Waals surface area contributed by atoms with Crippen LogP contribution in [0.25, 0.3) is 0 Å². The summed E-state index contributed by atoms with van der Waals surface area (Å²) in [5, 5.41) is 10.1. The van der Waals surface area contributed by atoms with E-state index in [4.69, 9.17) is 9.47 Å². The molecule has 0 saturated heterocycles. The SMILES string of the molecule is CCCCCC(C)COC(=O)COc1cc(C)c(Cc2ccc(O)c(C(C)C)c2)c(C)c1. The number of carbonyl (C=O) groups excluding carboxylic acids is 1. The van der Waals surface area contributed by atoms with Gasteiger partial charge in [0.15, 0.2) is 6.61 Å². The van der Waals surface area contributed by atoms with Crippen molar-refractivity contribution < 1.29 is 19.4 Å². The summed E-state index contributed by atoms with van der Waals surface area (Å²) in [5.74, 6) is 1.36. The van der Waals surface area contributed by atoms with Crippen LogP contribution in [0.2, 0.25) is 0 Å². The van der Waals surface area contributed by atoms with Crippen molar-refractivity contribution in [2.75, 3.05) is 13.2 Å². The highest BCUT2D eigenvalue weighted by molar-refractivity contribution is 5.71. The first-order valence-electron chi connectivity index (χ1n) is 11.9. The zero-order valence-electron chi connectivity index (χ0n) is 20.7. The molecule has 2 aromatic carbocycles. The third kappa shape index (κ3) is 7.89. The van der Waals surface area contributed by atoms with Crippen molar-refractivity contribution in [3.63, 3.8) is 0 Å². The minimum Gasteiger partial charge on any atom is -0.508 e. The summed E-state index contributed by atoms with van der Waals surface area (Å²) in [6.07, 6.45) is 5.48. The van der Waals surface area contributed by atoms with Crippen LogP contribution in [0.3, 0.4) is 0 Å². The average Bonchev–Trinajstić information content (AvgIpc) is 2.74. The highest BCUT2D eigenvalue weighted by Gasteiger charge is 2.13. The van der Waals surface area contributed by atoms with E-state index < -0.39 is 0 Å². The number of hydrogen-bond acceptors (Lipinski definition) is 4. The number of phenolic OH excluding ortho intramolecular Hbond substituents is 1. The van der Waals surface area contributed by atoms with Gasteiger partial charge in [0.1, 0.15) is 11.5 Å². The Morgan fingerprint density at radius 3 is 2.34 bits per heavy atom. The van der Waals surface area contributed by atoms with Gasteiger partial charge >= 0.3 is 5.97 Å². The molecule has 0 aliphatic heterocycles. The maximum Gasteiger partial charge on any atom is 0.344 e. The van der Waals surface area contributed by atoms with E-state index in [0.29, 0.717) is 24.0 Å². The van der Waals surface area contributed by atoms with Crippen LogP contribution in [-0.4, -0.2) is 24.3 Å². The molecule has 0 amide bonds. The Bertz CT molecular complexity index is 862. The molecule has 0 heterocycles. The number of aryl methyl sites for hydroxylation is 2. The van der Waals surface area contributed by atoms with E-state index in [1.807, 2.05) is 18.2 Å². The van der Waals surface area contributed by atoms with E-state index in [2.05, 4.69) is 47.6 Å². The van der Waals surface area contributed by atoms with E-state index >= 15 is 0 Å². The lowest BCUT2D eigenvalue weighted by atomic mass is 9.93. The van der Waals surface area contributed by atoms with Gasteiger partial charge in [-0.1, -0.05) is 59.1 Å². The Balaban J connectivity index is 1.94. The second-order valence-electron chi connectivity index (χ2n) is 9.33. The Morgan fingerprint density at radius 2 is 1.72 bits per heavy atom. The quantitative estimate of drug-likeness (QED) is 0.289. The van der Waals surface area contributed by atoms with Crippen LogP contribution in [0.4, 0.5) is 0 Å². The highest BCUT2D eigenvalue weighted by atomic mass is 16.6. The molecule has 0 fully saturated rings. The summed E-state index contributed by atoms with van der Waals surface area (Å²) in [5.41, 5.74) is 5.62. The van der Waals surface area contributed by atoms with Crippen molar-refractivity contribution in [2.45, 2.75) is 79.6 Å². The second kappa shape index (κ2) is 12.5. The summed E-state index contributed by atoms with van der Waals surface area (Å²) in [6.45, 7) is 13.0. The molecule has 176 valence electrons. The summed E-state index contributed by atoms with van der Waals surface area (Å²) in [6, 6.07) is 9.80. The predicted molar refractivity (Wildman–Crippen MR) is 131 cm³/mol. The minimum atomic E-state index is -0.322. The van der Waals surface area contributed by atoms with E-state index in [1.165, 1.54) is 30.4 Å². The Morgan fingerprint density at radius 1 is 1.03 bits per heavy atom. The molecule has 0 aliphatic carbocycles. The lowest BCUT2D eigenvalue weighted by Crippen LogP contribution is -2.18. The standard InChI is InChI=1S/C28H40O4/c1-7-8-9-10-20(4)17-32-28(30)18-31-24-13-21(5)26(22(6)14-24)16-23-11-12-27(29)25(15-23)19(2)3/h11-15,19-20,29H,7-10,16-18H2,1-6H3. The fraction of sp³-hybridized carbons (Fsp3) is 0.536. The van der Waals surface area contributed by atoms with Gasteiger partial charge in [-0.25, -0.2) is 4.79 Å². The van der Waals surface area contributed by atoms with E-state index in [-0.39, 0.29) is 18.5 Å². The van der Waals surface area contributed by atoms with E-state index in [1.54, 1.807) is 6.07 Å². The molecular weight excluding hydrogens is 400 g/mol. The average molecular weight is 441 g/mol. The Kier molecular flexibility index (Phi) is 10.1. The lowest BCUT2D eigenvalue weighted by Gasteiger charge is -2.16. The van der Waals surface area contributed by atoms with Gasteiger partial charge < -0.3 is 14.6 Å². The second-order valence-corrected chi connectivity index (χ2v) is 9.33. The molecule has 4 nitrogen and oxygen atoms in total. The van der Waals surface area contributed by atoms with Crippen LogP contribution in [0.1, 0.15) is 87.1 Å². The first-order valence-corrected chi connectivity index (χ1v) is 11.9. The molecule has 32 heavy (non-hydrogen) atoms. The topological polar surface area (TPSA) is 55.8 Å². The number of aromatic hydroxyl groups is 1. The van der Waals surface area contributed by atoms with Gasteiger partial charge in [0, 0.05) is 0 Å². The van der Waals surface area contributed by atoms with Crippen LogP contribution in [-0.2, 0) is 16.0 Å². The molecule has 0 spiro atoms. The molecule has 0 aliphatic rings. The molecule has 0 bridgehead atoms. The lowest BCUT2D eigenvalue weighted by molar-refractivity contribution is -0.147. The first kappa shape index (κ1) is 25.8. The van der Waals surface area contributed by atoms with E-state index in [9.17, 15) is 9.90 Å². The van der Waals surface area contributed by atoms with E-state index in [0.717, 1.165) is 29.5 Å². The highest BCUT2D eigenvalue weighted by Crippen LogP contribution is 2.29. The maximum absolute atomic E-state index is 12.1.